The Balaban J connectivity index is 1.94. The lowest BCUT2D eigenvalue weighted by molar-refractivity contribution is 0.0755. The number of carbonyl (C=O) groups excluding carboxylic acids is 1. The van der Waals surface area contributed by atoms with E-state index in [-0.39, 0.29) is 11.8 Å². The van der Waals surface area contributed by atoms with Gasteiger partial charge >= 0.3 is 0 Å². The van der Waals surface area contributed by atoms with Crippen LogP contribution in [0.15, 0.2) is 23.0 Å². The van der Waals surface area contributed by atoms with Gasteiger partial charge in [-0.05, 0) is 17.9 Å². The summed E-state index contributed by atoms with van der Waals surface area (Å²) in [6.45, 7) is 4.62. The van der Waals surface area contributed by atoms with Crippen LogP contribution in [0.5, 0.6) is 0 Å². The number of aromatic nitrogens is 3. The van der Waals surface area contributed by atoms with Gasteiger partial charge in [-0.1, -0.05) is 19.0 Å². The highest BCUT2D eigenvalue weighted by atomic mass is 16.5. The van der Waals surface area contributed by atoms with E-state index in [1.807, 2.05) is 20.0 Å². The van der Waals surface area contributed by atoms with Crippen molar-refractivity contribution in [2.75, 3.05) is 13.6 Å². The van der Waals surface area contributed by atoms with Gasteiger partial charge in [-0.15, -0.1) is 0 Å². The highest BCUT2D eigenvalue weighted by molar-refractivity contribution is 5.91. The number of hydrogen-bond donors (Lipinski definition) is 1. The average molecular weight is 262 g/mol. The van der Waals surface area contributed by atoms with Crippen LogP contribution in [0.25, 0.3) is 0 Å². The molecule has 102 valence electrons. The highest BCUT2D eigenvalue weighted by Gasteiger charge is 2.18. The summed E-state index contributed by atoms with van der Waals surface area (Å²) in [6, 6.07) is 1.71. The third-order valence-corrected chi connectivity index (χ3v) is 2.97. The Morgan fingerprint density at radius 1 is 1.53 bits per heavy atom. The second-order valence-corrected chi connectivity index (χ2v) is 4.85. The highest BCUT2D eigenvalue weighted by Crippen LogP contribution is 2.15. The number of aromatic amines is 1. The maximum atomic E-state index is 12.1. The van der Waals surface area contributed by atoms with Crippen LogP contribution in [0.1, 0.15) is 41.6 Å². The van der Waals surface area contributed by atoms with Crippen molar-refractivity contribution in [1.82, 2.24) is 20.3 Å². The summed E-state index contributed by atoms with van der Waals surface area (Å²) in [7, 11) is 1.75. The van der Waals surface area contributed by atoms with Crippen LogP contribution < -0.4 is 0 Å². The molecule has 19 heavy (non-hydrogen) atoms. The quantitative estimate of drug-likeness (QED) is 0.892. The minimum atomic E-state index is -0.150. The molecule has 0 aliphatic carbocycles. The lowest BCUT2D eigenvalue weighted by Gasteiger charge is -2.14. The molecule has 0 spiro atoms. The van der Waals surface area contributed by atoms with Crippen molar-refractivity contribution in [3.8, 4) is 0 Å². The van der Waals surface area contributed by atoms with Crippen molar-refractivity contribution >= 4 is 5.91 Å². The average Bonchev–Trinajstić information content (AvgIpc) is 3.05. The molecular weight excluding hydrogens is 244 g/mol. The van der Waals surface area contributed by atoms with Gasteiger partial charge in [0.2, 0.25) is 5.76 Å². The first-order valence-corrected chi connectivity index (χ1v) is 6.27. The molecule has 0 bridgehead atoms. The molecule has 2 aromatic heterocycles. The van der Waals surface area contributed by atoms with Gasteiger partial charge in [-0.2, -0.15) is 5.10 Å². The van der Waals surface area contributed by atoms with E-state index in [0.29, 0.717) is 12.3 Å². The number of rotatable bonds is 5. The fourth-order valence-electron chi connectivity index (χ4n) is 1.66. The summed E-state index contributed by atoms with van der Waals surface area (Å²) in [5, 5.41) is 10.5. The molecule has 1 N–H and O–H groups in total. The molecule has 0 saturated heterocycles. The zero-order chi connectivity index (χ0) is 13.8. The van der Waals surface area contributed by atoms with Crippen molar-refractivity contribution < 1.29 is 9.32 Å². The van der Waals surface area contributed by atoms with Crippen molar-refractivity contribution in [2.24, 2.45) is 0 Å². The standard InChI is InChI=1S/C13H18N4O2/c1-9(2)11-6-12(19-16-11)13(18)17(3)5-4-10-7-14-15-8-10/h6-9H,4-5H2,1-3H3,(H,14,15). The lowest BCUT2D eigenvalue weighted by atomic mass is 10.1. The first-order chi connectivity index (χ1) is 9.08. The lowest BCUT2D eigenvalue weighted by Crippen LogP contribution is -2.28. The van der Waals surface area contributed by atoms with Gasteiger partial charge in [-0.3, -0.25) is 9.89 Å². The van der Waals surface area contributed by atoms with E-state index in [1.165, 1.54) is 0 Å². The monoisotopic (exact) mass is 262 g/mol. The van der Waals surface area contributed by atoms with Gasteiger partial charge in [0.1, 0.15) is 0 Å². The molecule has 2 heterocycles. The summed E-state index contributed by atoms with van der Waals surface area (Å²) in [5.74, 6) is 0.392. The molecule has 0 aliphatic rings. The minimum Gasteiger partial charge on any atom is -0.351 e. The van der Waals surface area contributed by atoms with Crippen molar-refractivity contribution in [3.63, 3.8) is 0 Å². The second-order valence-electron chi connectivity index (χ2n) is 4.85. The van der Waals surface area contributed by atoms with Crippen LogP contribution >= 0.6 is 0 Å². The summed E-state index contributed by atoms with van der Waals surface area (Å²) >= 11 is 0. The van der Waals surface area contributed by atoms with Crippen LogP contribution in [0.3, 0.4) is 0 Å². The fourth-order valence-corrected chi connectivity index (χ4v) is 1.66. The smallest absolute Gasteiger partial charge is 0.292 e. The number of likely N-dealkylation sites (N-methyl/N-ethyl adjacent to an activating group) is 1. The number of nitrogens with zero attached hydrogens (tertiary/aromatic N) is 3. The van der Waals surface area contributed by atoms with E-state index < -0.39 is 0 Å². The van der Waals surface area contributed by atoms with Crippen molar-refractivity contribution in [3.05, 3.63) is 35.5 Å². The second kappa shape index (κ2) is 5.69. The summed E-state index contributed by atoms with van der Waals surface area (Å²) in [4.78, 5) is 13.7. The molecule has 6 heteroatoms. The zero-order valence-corrected chi connectivity index (χ0v) is 11.4. The Hall–Kier alpha value is -2.11. The Labute approximate surface area is 111 Å². The molecule has 6 nitrogen and oxygen atoms in total. The molecule has 0 atom stereocenters. The molecule has 0 aromatic carbocycles. The molecule has 2 rings (SSSR count). The van der Waals surface area contributed by atoms with Gasteiger partial charge in [0, 0.05) is 25.9 Å². The fraction of sp³-hybridized carbons (Fsp3) is 0.462. The van der Waals surface area contributed by atoms with E-state index in [4.69, 9.17) is 4.52 Å². The largest absolute Gasteiger partial charge is 0.351 e. The first kappa shape index (κ1) is 13.3. The predicted molar refractivity (Wildman–Crippen MR) is 69.8 cm³/mol. The van der Waals surface area contributed by atoms with Gasteiger partial charge in [0.25, 0.3) is 5.91 Å². The summed E-state index contributed by atoms with van der Waals surface area (Å²) < 4.78 is 5.09. The normalized spacial score (nSPS) is 10.9. The van der Waals surface area contributed by atoms with Gasteiger partial charge < -0.3 is 9.42 Å². The van der Waals surface area contributed by atoms with Gasteiger partial charge in [0.15, 0.2) is 0 Å². The number of carbonyl (C=O) groups is 1. The predicted octanol–water partition coefficient (Wildman–Crippen LogP) is 1.84. The zero-order valence-electron chi connectivity index (χ0n) is 11.4. The maximum Gasteiger partial charge on any atom is 0.292 e. The number of hydrogen-bond acceptors (Lipinski definition) is 4. The van der Waals surface area contributed by atoms with Crippen LogP contribution in [0, 0.1) is 0 Å². The third kappa shape index (κ3) is 3.21. The van der Waals surface area contributed by atoms with Crippen molar-refractivity contribution in [1.29, 1.82) is 0 Å². The number of amides is 1. The Morgan fingerprint density at radius 3 is 2.89 bits per heavy atom. The van der Waals surface area contributed by atoms with Crippen LogP contribution in [-0.4, -0.2) is 39.8 Å². The van der Waals surface area contributed by atoms with E-state index in [9.17, 15) is 4.79 Å². The first-order valence-electron chi connectivity index (χ1n) is 6.27. The molecule has 0 saturated carbocycles. The SMILES string of the molecule is CC(C)c1cc(C(=O)N(C)CCc2cn[nH]c2)on1. The third-order valence-electron chi connectivity index (χ3n) is 2.97. The minimum absolute atomic E-state index is 0.150. The van der Waals surface area contributed by atoms with Gasteiger partial charge in [0.05, 0.1) is 11.9 Å². The van der Waals surface area contributed by atoms with Gasteiger partial charge in [-0.25, -0.2) is 0 Å². The number of H-pyrrole nitrogens is 1. The Morgan fingerprint density at radius 2 is 2.32 bits per heavy atom. The van der Waals surface area contributed by atoms with Crippen LogP contribution in [0.4, 0.5) is 0 Å². The maximum absolute atomic E-state index is 12.1. The number of nitrogens with one attached hydrogen (secondary N) is 1. The molecule has 0 radical (unpaired) electrons. The molecular formula is C13H18N4O2. The van der Waals surface area contributed by atoms with E-state index >= 15 is 0 Å². The van der Waals surface area contributed by atoms with E-state index in [1.54, 1.807) is 24.2 Å². The Kier molecular flexibility index (Phi) is 3.99. The molecule has 1 amide bonds. The topological polar surface area (TPSA) is 75.0 Å². The summed E-state index contributed by atoms with van der Waals surface area (Å²) in [5.41, 5.74) is 1.87. The molecule has 0 unspecified atom stereocenters. The van der Waals surface area contributed by atoms with E-state index in [0.717, 1.165) is 17.7 Å². The van der Waals surface area contributed by atoms with Crippen molar-refractivity contribution in [2.45, 2.75) is 26.2 Å². The molecule has 2 aromatic rings. The van der Waals surface area contributed by atoms with Crippen LogP contribution in [-0.2, 0) is 6.42 Å². The van der Waals surface area contributed by atoms with E-state index in [2.05, 4.69) is 15.4 Å². The molecule has 0 fully saturated rings. The Bertz CT molecular complexity index is 531. The molecule has 0 aliphatic heterocycles. The van der Waals surface area contributed by atoms with Crippen LogP contribution in [0.2, 0.25) is 0 Å². The summed E-state index contributed by atoms with van der Waals surface area (Å²) in [6.07, 6.45) is 4.33.